The van der Waals surface area contributed by atoms with Gasteiger partial charge >= 0.3 is 22.5 Å². The lowest BCUT2D eigenvalue weighted by Crippen LogP contribution is -2.47. The summed E-state index contributed by atoms with van der Waals surface area (Å²) in [6, 6.07) is 0. The molecular formula is C10H16N2O9S4. The molecule has 0 amide bonds. The molecule has 0 aliphatic carbocycles. The van der Waals surface area contributed by atoms with Crippen molar-refractivity contribution >= 4 is 71.9 Å². The van der Waals surface area contributed by atoms with Gasteiger partial charge in [-0.15, -0.1) is 0 Å². The van der Waals surface area contributed by atoms with Gasteiger partial charge in [-0.3, -0.25) is 20.2 Å². The van der Waals surface area contributed by atoms with Crippen LogP contribution < -0.4 is 10.6 Å². The Kier molecular flexibility index (Phi) is 10.6. The lowest BCUT2D eigenvalue weighted by atomic mass is 10.4. The molecule has 144 valence electrons. The zero-order valence-corrected chi connectivity index (χ0v) is 16.3. The summed E-state index contributed by atoms with van der Waals surface area (Å²) in [6.45, 7) is 0. The van der Waals surface area contributed by atoms with Crippen molar-refractivity contribution in [3.05, 3.63) is 0 Å². The van der Waals surface area contributed by atoms with Crippen LogP contribution in [0.15, 0.2) is 0 Å². The molecule has 25 heavy (non-hydrogen) atoms. The summed E-state index contributed by atoms with van der Waals surface area (Å²) in [5.74, 6) is -2.64. The fourth-order valence-corrected chi connectivity index (χ4v) is 3.54. The quantitative estimate of drug-likeness (QED) is 0.112. The van der Waals surface area contributed by atoms with Crippen molar-refractivity contribution in [1.29, 1.82) is 0 Å². The molecule has 0 rings (SSSR count). The molecule has 0 saturated heterocycles. The van der Waals surface area contributed by atoms with Gasteiger partial charge in [0.25, 0.3) is 0 Å². The first-order chi connectivity index (χ1) is 11.5. The second kappa shape index (κ2) is 11.0. The van der Waals surface area contributed by atoms with Gasteiger partial charge in [-0.1, -0.05) is 25.3 Å². The van der Waals surface area contributed by atoms with Gasteiger partial charge in [-0.2, -0.15) is 0 Å². The van der Waals surface area contributed by atoms with E-state index in [1.54, 1.807) is 0 Å². The van der Waals surface area contributed by atoms with Crippen LogP contribution in [0, 0.1) is 0 Å². The Morgan fingerprint density at radius 2 is 1.20 bits per heavy atom. The van der Waals surface area contributed by atoms with Gasteiger partial charge < -0.3 is 19.7 Å². The Morgan fingerprint density at radius 3 is 1.40 bits per heavy atom. The van der Waals surface area contributed by atoms with E-state index in [1.807, 2.05) is 0 Å². The monoisotopic (exact) mass is 436 g/mol. The third-order valence-electron chi connectivity index (χ3n) is 2.37. The van der Waals surface area contributed by atoms with Crippen LogP contribution in [0.1, 0.15) is 12.8 Å². The van der Waals surface area contributed by atoms with Crippen molar-refractivity contribution in [3.63, 3.8) is 0 Å². The van der Waals surface area contributed by atoms with Gasteiger partial charge in [0.2, 0.25) is 10.1 Å². The largest absolute Gasteiger partial charge is 0.481 e. The van der Waals surface area contributed by atoms with Crippen LogP contribution >= 0.6 is 49.3 Å². The fourth-order valence-electron chi connectivity index (χ4n) is 1.33. The van der Waals surface area contributed by atoms with E-state index in [0.29, 0.717) is 24.1 Å². The van der Waals surface area contributed by atoms with Crippen LogP contribution in [0.25, 0.3) is 0 Å². The van der Waals surface area contributed by atoms with E-state index in [2.05, 4.69) is 35.9 Å². The molecule has 0 aliphatic rings. The van der Waals surface area contributed by atoms with E-state index in [4.69, 9.17) is 23.3 Å². The summed E-state index contributed by atoms with van der Waals surface area (Å²) in [5.41, 5.74) is 0. The minimum Gasteiger partial charge on any atom is -0.481 e. The number of carboxylic acid groups (broad SMARTS) is 2. The number of carboxylic acids is 2. The predicted molar refractivity (Wildman–Crippen MR) is 95.3 cm³/mol. The molecule has 0 radical (unpaired) electrons. The van der Waals surface area contributed by atoms with Crippen LogP contribution in [0.5, 0.6) is 0 Å². The molecule has 0 aromatic carbocycles. The van der Waals surface area contributed by atoms with Gasteiger partial charge in [0.15, 0.2) is 0 Å². The summed E-state index contributed by atoms with van der Waals surface area (Å²) >= 11 is 7.54. The molecule has 0 saturated carbocycles. The highest BCUT2D eigenvalue weighted by atomic mass is 32.2. The van der Waals surface area contributed by atoms with Crippen molar-refractivity contribution in [1.82, 2.24) is 10.6 Å². The normalized spacial score (nSPS) is 15.5. The molecule has 11 nitrogen and oxygen atoms in total. The molecule has 0 bridgehead atoms. The van der Waals surface area contributed by atoms with Crippen molar-refractivity contribution in [2.45, 2.75) is 23.0 Å². The van der Waals surface area contributed by atoms with Gasteiger partial charge in [0.1, 0.15) is 12.8 Å². The molecule has 0 aromatic rings. The Labute approximate surface area is 162 Å². The predicted octanol–water partition coefficient (Wildman–Crippen LogP) is 1.13. The average Bonchev–Trinajstić information content (AvgIpc) is 2.44. The summed E-state index contributed by atoms with van der Waals surface area (Å²) in [5, 5.41) is 16.9. The molecule has 15 heteroatoms. The molecule has 0 aromatic heterocycles. The number of hydrogen-bond donors (Lipinski definition) is 6. The van der Waals surface area contributed by atoms with Crippen molar-refractivity contribution in [3.8, 4) is 0 Å². The summed E-state index contributed by atoms with van der Waals surface area (Å²) in [4.78, 5) is 44.1. The maximum absolute atomic E-state index is 11.1. The van der Waals surface area contributed by atoms with Crippen LogP contribution in [0.4, 0.5) is 9.59 Å². The molecule has 2 atom stereocenters. The fraction of sp³-hybridized carbons (Fsp3) is 0.600. The van der Waals surface area contributed by atoms with E-state index in [-0.39, 0.29) is 0 Å². The van der Waals surface area contributed by atoms with E-state index >= 15 is 0 Å². The second-order valence-corrected chi connectivity index (χ2v) is 7.04. The van der Waals surface area contributed by atoms with Crippen LogP contribution in [-0.2, 0) is 22.7 Å². The smallest absolute Gasteiger partial charge is 0.366 e. The SMILES string of the molecule is CNC(CC(=O)O)(OC(=O)S)SOSC(CC(=O)O)(NC)OC(=O)S. The van der Waals surface area contributed by atoms with Gasteiger partial charge in [0.05, 0.1) is 24.1 Å². The standard InChI is InChI=1S/C10H16N2O9S4/c1-11-9(3-5(13)14,19-7(17)22)24-21-25-10(12-2,4-6(15)16)20-8(18)23/h11-12H,3-4H2,1-2H3,(H,13,14)(H,15,16)(H,17,22)(H,18,23). The number of carbonyl (C=O) groups excluding carboxylic acids is 2. The van der Waals surface area contributed by atoms with E-state index in [1.165, 1.54) is 14.1 Å². The first-order valence-corrected chi connectivity index (χ1v) is 8.56. The average molecular weight is 437 g/mol. The second-order valence-electron chi connectivity index (χ2n) is 4.12. The third-order valence-corrected chi connectivity index (χ3v) is 4.50. The first-order valence-electron chi connectivity index (χ1n) is 6.18. The number of rotatable bonds is 12. The van der Waals surface area contributed by atoms with Crippen LogP contribution in [0.3, 0.4) is 0 Å². The molecular weight excluding hydrogens is 420 g/mol. The van der Waals surface area contributed by atoms with E-state index in [0.717, 1.165) is 0 Å². The Morgan fingerprint density at radius 1 is 0.880 bits per heavy atom. The van der Waals surface area contributed by atoms with E-state index in [9.17, 15) is 19.2 Å². The van der Waals surface area contributed by atoms with Gasteiger partial charge in [-0.05, 0) is 14.1 Å². The first kappa shape index (κ1) is 24.2. The molecule has 0 spiro atoms. The molecule has 0 aliphatic heterocycles. The van der Waals surface area contributed by atoms with Gasteiger partial charge in [0, 0.05) is 0 Å². The number of carbonyl (C=O) groups is 4. The number of aliphatic carboxylic acids is 2. The summed E-state index contributed by atoms with van der Waals surface area (Å²) in [7, 11) is 2.61. The molecule has 0 fully saturated rings. The number of hydrogen-bond acceptors (Lipinski definition) is 11. The highest BCUT2D eigenvalue weighted by Crippen LogP contribution is 2.38. The third kappa shape index (κ3) is 9.43. The van der Waals surface area contributed by atoms with Crippen molar-refractivity contribution in [2.24, 2.45) is 0 Å². The molecule has 2 unspecified atom stereocenters. The minimum atomic E-state index is -1.86. The summed E-state index contributed by atoms with van der Waals surface area (Å²) < 4.78 is 14.7. The van der Waals surface area contributed by atoms with Gasteiger partial charge in [-0.25, -0.2) is 13.2 Å². The summed E-state index contributed by atoms with van der Waals surface area (Å²) in [6.07, 6.45) is -1.42. The van der Waals surface area contributed by atoms with Crippen molar-refractivity contribution < 1.29 is 42.5 Å². The highest BCUT2D eigenvalue weighted by Gasteiger charge is 2.42. The van der Waals surface area contributed by atoms with Crippen LogP contribution in [-0.4, -0.2) is 57.0 Å². The highest BCUT2D eigenvalue weighted by molar-refractivity contribution is 8.09. The van der Waals surface area contributed by atoms with Crippen molar-refractivity contribution in [2.75, 3.05) is 14.1 Å². The Hall–Kier alpha value is -0.840. The van der Waals surface area contributed by atoms with E-state index < -0.39 is 45.5 Å². The number of thiol groups is 2. The topological polar surface area (TPSA) is 160 Å². The Balaban J connectivity index is 5.21. The maximum atomic E-state index is 11.1. The lowest BCUT2D eigenvalue weighted by Gasteiger charge is -2.32. The number of nitrogens with one attached hydrogen (secondary N) is 2. The molecule has 0 heterocycles. The zero-order valence-electron chi connectivity index (χ0n) is 12.9. The van der Waals surface area contributed by atoms with Crippen LogP contribution in [0.2, 0.25) is 0 Å². The zero-order chi connectivity index (χ0) is 19.7. The maximum Gasteiger partial charge on any atom is 0.366 e. The molecule has 4 N–H and O–H groups in total. The minimum absolute atomic E-state index is 0.352. The number of ether oxygens (including phenoxy) is 2. The Bertz CT molecular complexity index is 443. The lowest BCUT2D eigenvalue weighted by molar-refractivity contribution is -0.141.